The average Bonchev–Trinajstić information content (AvgIpc) is 2.84. The van der Waals surface area contributed by atoms with Crippen molar-refractivity contribution in [2.24, 2.45) is 0 Å². The van der Waals surface area contributed by atoms with Gasteiger partial charge in [-0.25, -0.2) is 0 Å². The molecule has 0 amide bonds. The Morgan fingerprint density at radius 3 is 1.19 bits per heavy atom. The van der Waals surface area contributed by atoms with Crippen molar-refractivity contribution in [2.75, 3.05) is 13.2 Å². The van der Waals surface area contributed by atoms with E-state index >= 15 is 0 Å². The Hall–Kier alpha value is -3.56. The van der Waals surface area contributed by atoms with Gasteiger partial charge in [-0.2, -0.15) is 0 Å². The lowest BCUT2D eigenvalue weighted by molar-refractivity contribution is 0.0626. The summed E-state index contributed by atoms with van der Waals surface area (Å²) in [6.45, 7) is 0.369. The van der Waals surface area contributed by atoms with Gasteiger partial charge in [-0.15, -0.1) is 0 Å². The highest BCUT2D eigenvalue weighted by Gasteiger charge is 2.07. The molecule has 0 aromatic heterocycles. The third kappa shape index (κ3) is 6.73. The van der Waals surface area contributed by atoms with E-state index in [0.717, 1.165) is 24.3 Å². The molecular weight excluding hydrogens is 396 g/mol. The highest BCUT2D eigenvalue weighted by atomic mass is 16.5. The molecule has 0 heterocycles. The summed E-state index contributed by atoms with van der Waals surface area (Å²) in [4.78, 5) is 0. The van der Waals surface area contributed by atoms with E-state index in [-0.39, 0.29) is 13.2 Å². The molecule has 0 radical (unpaired) electrons. The topological polar surface area (TPSA) is 38.7 Å². The second-order valence-corrected chi connectivity index (χ2v) is 7.89. The van der Waals surface area contributed by atoms with Gasteiger partial charge in [0.25, 0.3) is 0 Å². The van der Waals surface area contributed by atoms with Crippen LogP contribution in [0.15, 0.2) is 109 Å². The van der Waals surface area contributed by atoms with Gasteiger partial charge in [0.15, 0.2) is 0 Å². The zero-order valence-corrected chi connectivity index (χ0v) is 18.1. The fourth-order valence-electron chi connectivity index (χ4n) is 3.50. The molecule has 0 saturated carbocycles. The van der Waals surface area contributed by atoms with E-state index in [0.29, 0.717) is 0 Å². The van der Waals surface area contributed by atoms with E-state index in [9.17, 15) is 5.11 Å². The molecule has 162 valence electrons. The van der Waals surface area contributed by atoms with Crippen molar-refractivity contribution >= 4 is 0 Å². The summed E-state index contributed by atoms with van der Waals surface area (Å²) in [7, 11) is 0. The van der Waals surface area contributed by atoms with Crippen LogP contribution in [-0.2, 0) is 12.8 Å². The Morgan fingerprint density at radius 2 is 0.812 bits per heavy atom. The van der Waals surface area contributed by atoms with Crippen LogP contribution in [0, 0.1) is 0 Å². The van der Waals surface area contributed by atoms with Crippen molar-refractivity contribution in [3.63, 3.8) is 0 Å². The lowest BCUT2D eigenvalue weighted by Gasteiger charge is -2.14. The Labute approximate surface area is 189 Å². The molecule has 0 aliphatic heterocycles. The number of aliphatic hydroxyl groups is 1. The zero-order valence-electron chi connectivity index (χ0n) is 18.1. The SMILES string of the molecule is OC(COc1ccc(Cc2ccccc2)cc1)COc1ccc(Cc2ccccc2)cc1. The quantitative estimate of drug-likeness (QED) is 0.356. The molecule has 4 rings (SSSR count). The predicted octanol–water partition coefficient (Wildman–Crippen LogP) is 5.69. The number of benzene rings is 4. The molecule has 0 atom stereocenters. The molecule has 4 aromatic carbocycles. The molecular formula is C29H28O3. The van der Waals surface area contributed by atoms with Crippen molar-refractivity contribution in [3.8, 4) is 11.5 Å². The number of hydrogen-bond acceptors (Lipinski definition) is 3. The van der Waals surface area contributed by atoms with Gasteiger partial charge in [0.05, 0.1) is 0 Å². The van der Waals surface area contributed by atoms with Crippen LogP contribution in [0.3, 0.4) is 0 Å². The van der Waals surface area contributed by atoms with Gasteiger partial charge < -0.3 is 14.6 Å². The van der Waals surface area contributed by atoms with Gasteiger partial charge in [0, 0.05) is 0 Å². The predicted molar refractivity (Wildman–Crippen MR) is 128 cm³/mol. The van der Waals surface area contributed by atoms with Crippen LogP contribution in [0.4, 0.5) is 0 Å². The molecule has 1 N–H and O–H groups in total. The number of ether oxygens (including phenoxy) is 2. The summed E-state index contributed by atoms with van der Waals surface area (Å²) in [6.07, 6.45) is 1.08. The van der Waals surface area contributed by atoms with Crippen molar-refractivity contribution in [2.45, 2.75) is 18.9 Å². The highest BCUT2D eigenvalue weighted by molar-refractivity contribution is 5.32. The van der Waals surface area contributed by atoms with Crippen LogP contribution in [-0.4, -0.2) is 24.4 Å². The minimum Gasteiger partial charge on any atom is -0.491 e. The molecule has 0 aliphatic carbocycles. The molecule has 0 fully saturated rings. The van der Waals surface area contributed by atoms with Gasteiger partial charge in [-0.3, -0.25) is 0 Å². The first-order valence-electron chi connectivity index (χ1n) is 10.9. The number of rotatable bonds is 10. The number of aliphatic hydroxyl groups excluding tert-OH is 1. The maximum atomic E-state index is 10.2. The van der Waals surface area contributed by atoms with Crippen molar-refractivity contribution in [1.82, 2.24) is 0 Å². The summed E-state index contributed by atoms with van der Waals surface area (Å²) in [5.41, 5.74) is 5.01. The first-order chi connectivity index (χ1) is 15.7. The van der Waals surface area contributed by atoms with E-state index in [1.807, 2.05) is 36.4 Å². The molecule has 4 aromatic rings. The monoisotopic (exact) mass is 424 g/mol. The first kappa shape index (κ1) is 21.7. The van der Waals surface area contributed by atoms with E-state index in [1.54, 1.807) is 0 Å². The maximum Gasteiger partial charge on any atom is 0.122 e. The van der Waals surface area contributed by atoms with Crippen LogP contribution < -0.4 is 9.47 Å². The zero-order chi connectivity index (χ0) is 22.0. The molecule has 32 heavy (non-hydrogen) atoms. The Kier molecular flexibility index (Phi) is 7.56. The van der Waals surface area contributed by atoms with Crippen LogP contribution in [0.1, 0.15) is 22.3 Å². The molecule has 0 unspecified atom stereocenters. The Bertz CT molecular complexity index is 970. The molecule has 0 bridgehead atoms. The third-order valence-corrected chi connectivity index (χ3v) is 5.23. The van der Waals surface area contributed by atoms with Gasteiger partial charge in [-0.1, -0.05) is 84.9 Å². The smallest absolute Gasteiger partial charge is 0.122 e. The van der Waals surface area contributed by atoms with Crippen molar-refractivity contribution < 1.29 is 14.6 Å². The summed E-state index contributed by atoms with van der Waals surface area (Å²) in [6, 6.07) is 36.7. The second kappa shape index (κ2) is 11.2. The largest absolute Gasteiger partial charge is 0.491 e. The third-order valence-electron chi connectivity index (χ3n) is 5.23. The lowest BCUT2D eigenvalue weighted by Crippen LogP contribution is -2.25. The molecule has 0 saturated heterocycles. The van der Waals surface area contributed by atoms with E-state index in [1.165, 1.54) is 22.3 Å². The van der Waals surface area contributed by atoms with E-state index in [4.69, 9.17) is 9.47 Å². The van der Waals surface area contributed by atoms with E-state index < -0.39 is 6.10 Å². The Balaban J connectivity index is 1.19. The average molecular weight is 425 g/mol. The number of hydrogen-bond donors (Lipinski definition) is 1. The summed E-state index contributed by atoms with van der Waals surface area (Å²) in [5.74, 6) is 1.48. The van der Waals surface area contributed by atoms with Gasteiger partial charge in [-0.05, 0) is 59.4 Å². The summed E-state index contributed by atoms with van der Waals surface area (Å²) < 4.78 is 11.4. The molecule has 3 heteroatoms. The lowest BCUT2D eigenvalue weighted by atomic mass is 10.1. The van der Waals surface area contributed by atoms with Crippen LogP contribution in [0.2, 0.25) is 0 Å². The minimum absolute atomic E-state index is 0.185. The standard InChI is InChI=1S/C29H28O3/c30-27(21-31-28-15-11-25(12-16-28)19-23-7-3-1-4-8-23)22-32-29-17-13-26(14-18-29)20-24-9-5-2-6-10-24/h1-18,27,30H,19-22H2. The minimum atomic E-state index is -0.706. The van der Waals surface area contributed by atoms with E-state index in [2.05, 4.69) is 72.8 Å². The van der Waals surface area contributed by atoms with Gasteiger partial charge >= 0.3 is 0 Å². The maximum absolute atomic E-state index is 10.2. The van der Waals surface area contributed by atoms with Crippen molar-refractivity contribution in [3.05, 3.63) is 131 Å². The molecule has 0 aliphatic rings. The fourth-order valence-corrected chi connectivity index (χ4v) is 3.50. The van der Waals surface area contributed by atoms with Crippen LogP contribution >= 0.6 is 0 Å². The Morgan fingerprint density at radius 1 is 0.469 bits per heavy atom. The second-order valence-electron chi connectivity index (χ2n) is 7.89. The summed E-state index contributed by atoms with van der Waals surface area (Å²) >= 11 is 0. The molecule has 3 nitrogen and oxygen atoms in total. The molecule has 0 spiro atoms. The van der Waals surface area contributed by atoms with Crippen LogP contribution in [0.5, 0.6) is 11.5 Å². The summed E-state index contributed by atoms with van der Waals surface area (Å²) in [5, 5.41) is 10.2. The fraction of sp³-hybridized carbons (Fsp3) is 0.172. The van der Waals surface area contributed by atoms with Gasteiger partial charge in [0.1, 0.15) is 30.8 Å². The van der Waals surface area contributed by atoms with Crippen LogP contribution in [0.25, 0.3) is 0 Å². The van der Waals surface area contributed by atoms with Crippen molar-refractivity contribution in [1.29, 1.82) is 0 Å². The normalized spacial score (nSPS) is 10.8. The van der Waals surface area contributed by atoms with Gasteiger partial charge in [0.2, 0.25) is 0 Å². The highest BCUT2D eigenvalue weighted by Crippen LogP contribution is 2.17. The first-order valence-corrected chi connectivity index (χ1v) is 10.9.